The van der Waals surface area contributed by atoms with Crippen molar-refractivity contribution in [2.45, 2.75) is 12.6 Å². The number of rotatable bonds is 4. The molecule has 0 radical (unpaired) electrons. The van der Waals surface area contributed by atoms with Crippen LogP contribution in [0.25, 0.3) is 11.4 Å². The van der Waals surface area contributed by atoms with Crippen LogP contribution >= 0.6 is 0 Å². The standard InChI is InChI=1S/C15H13FN4O/c16-13-8-4-7-12(9-13)14(21)10-20-18-15(17-19-20)11-5-2-1-3-6-11/h1-9,14,21H,10H2/t14-/m1/s1. The molecule has 1 atom stereocenters. The number of halogens is 1. The summed E-state index contributed by atoms with van der Waals surface area (Å²) in [5.41, 5.74) is 1.33. The zero-order valence-corrected chi connectivity index (χ0v) is 11.1. The summed E-state index contributed by atoms with van der Waals surface area (Å²) in [5.74, 6) is 0.102. The highest BCUT2D eigenvalue weighted by Gasteiger charge is 2.12. The fraction of sp³-hybridized carbons (Fsp3) is 0.133. The molecular formula is C15H13FN4O. The number of hydrogen-bond acceptors (Lipinski definition) is 4. The highest BCUT2D eigenvalue weighted by atomic mass is 19.1. The van der Waals surface area contributed by atoms with Gasteiger partial charge in [0.15, 0.2) is 0 Å². The van der Waals surface area contributed by atoms with Crippen molar-refractivity contribution >= 4 is 0 Å². The van der Waals surface area contributed by atoms with E-state index in [2.05, 4.69) is 15.4 Å². The minimum atomic E-state index is -0.890. The summed E-state index contributed by atoms with van der Waals surface area (Å²) in [7, 11) is 0. The third-order valence-electron chi connectivity index (χ3n) is 3.05. The van der Waals surface area contributed by atoms with Crippen LogP contribution in [0.3, 0.4) is 0 Å². The summed E-state index contributed by atoms with van der Waals surface area (Å²) in [6, 6.07) is 15.3. The molecule has 1 aromatic heterocycles. The van der Waals surface area contributed by atoms with E-state index in [4.69, 9.17) is 0 Å². The maximum absolute atomic E-state index is 13.1. The lowest BCUT2D eigenvalue weighted by atomic mass is 10.1. The number of hydrogen-bond donors (Lipinski definition) is 1. The van der Waals surface area contributed by atoms with Gasteiger partial charge in [-0.3, -0.25) is 0 Å². The second-order valence-corrected chi connectivity index (χ2v) is 4.60. The molecule has 0 fully saturated rings. The van der Waals surface area contributed by atoms with Crippen molar-refractivity contribution in [3.8, 4) is 11.4 Å². The molecule has 21 heavy (non-hydrogen) atoms. The summed E-state index contributed by atoms with van der Waals surface area (Å²) >= 11 is 0. The van der Waals surface area contributed by atoms with Gasteiger partial charge in [0.1, 0.15) is 11.9 Å². The Labute approximate surface area is 120 Å². The Balaban J connectivity index is 1.75. The fourth-order valence-corrected chi connectivity index (χ4v) is 2.00. The zero-order valence-electron chi connectivity index (χ0n) is 11.1. The Kier molecular flexibility index (Phi) is 3.70. The first-order valence-electron chi connectivity index (χ1n) is 6.49. The molecule has 5 nitrogen and oxygen atoms in total. The van der Waals surface area contributed by atoms with Crippen LogP contribution in [-0.2, 0) is 6.54 Å². The number of aromatic nitrogens is 4. The smallest absolute Gasteiger partial charge is 0.204 e. The van der Waals surface area contributed by atoms with Crippen molar-refractivity contribution in [3.63, 3.8) is 0 Å². The van der Waals surface area contributed by atoms with Gasteiger partial charge >= 0.3 is 0 Å². The average Bonchev–Trinajstić information content (AvgIpc) is 2.97. The normalized spacial score (nSPS) is 12.3. The van der Waals surface area contributed by atoms with Crippen molar-refractivity contribution in [3.05, 3.63) is 66.0 Å². The molecule has 0 spiro atoms. The van der Waals surface area contributed by atoms with E-state index in [-0.39, 0.29) is 12.4 Å². The lowest BCUT2D eigenvalue weighted by Gasteiger charge is -2.09. The molecule has 6 heteroatoms. The molecule has 2 aromatic carbocycles. The highest BCUT2D eigenvalue weighted by Crippen LogP contribution is 2.16. The van der Waals surface area contributed by atoms with Gasteiger partial charge in [-0.25, -0.2) is 4.39 Å². The molecule has 0 aliphatic heterocycles. The van der Waals surface area contributed by atoms with E-state index in [9.17, 15) is 9.50 Å². The van der Waals surface area contributed by atoms with E-state index in [1.165, 1.54) is 16.9 Å². The third kappa shape index (κ3) is 3.11. The van der Waals surface area contributed by atoms with Crippen LogP contribution in [0.5, 0.6) is 0 Å². The monoisotopic (exact) mass is 284 g/mol. The van der Waals surface area contributed by atoms with Crippen molar-refractivity contribution in [1.29, 1.82) is 0 Å². The largest absolute Gasteiger partial charge is 0.386 e. The molecule has 106 valence electrons. The minimum absolute atomic E-state index is 0.114. The molecular weight excluding hydrogens is 271 g/mol. The van der Waals surface area contributed by atoms with Gasteiger partial charge in [0.2, 0.25) is 5.82 Å². The lowest BCUT2D eigenvalue weighted by molar-refractivity contribution is 0.144. The summed E-state index contributed by atoms with van der Waals surface area (Å²) in [6.07, 6.45) is -0.890. The van der Waals surface area contributed by atoms with Crippen LogP contribution < -0.4 is 0 Å². The van der Waals surface area contributed by atoms with Gasteiger partial charge in [-0.2, -0.15) is 4.80 Å². The van der Waals surface area contributed by atoms with E-state index in [0.717, 1.165) is 5.56 Å². The van der Waals surface area contributed by atoms with Crippen molar-refractivity contribution in [2.75, 3.05) is 0 Å². The fourth-order valence-electron chi connectivity index (χ4n) is 2.00. The van der Waals surface area contributed by atoms with Crippen molar-refractivity contribution in [2.24, 2.45) is 0 Å². The van der Waals surface area contributed by atoms with Gasteiger partial charge in [0.25, 0.3) is 0 Å². The van der Waals surface area contributed by atoms with Crippen molar-refractivity contribution < 1.29 is 9.50 Å². The second-order valence-electron chi connectivity index (χ2n) is 4.60. The number of nitrogens with zero attached hydrogens (tertiary/aromatic N) is 4. The summed E-state index contributed by atoms with van der Waals surface area (Å²) in [4.78, 5) is 1.30. The quantitative estimate of drug-likeness (QED) is 0.798. The summed E-state index contributed by atoms with van der Waals surface area (Å²) in [6.45, 7) is 0.114. The van der Waals surface area contributed by atoms with Gasteiger partial charge < -0.3 is 5.11 Å². The average molecular weight is 284 g/mol. The molecule has 0 aliphatic rings. The molecule has 0 saturated heterocycles. The lowest BCUT2D eigenvalue weighted by Crippen LogP contribution is -2.11. The van der Waals surface area contributed by atoms with Crippen LogP contribution in [0.15, 0.2) is 54.6 Å². The van der Waals surface area contributed by atoms with Crippen LogP contribution in [0.4, 0.5) is 4.39 Å². The van der Waals surface area contributed by atoms with Gasteiger partial charge in [0.05, 0.1) is 6.54 Å². The first-order valence-corrected chi connectivity index (χ1v) is 6.49. The molecule has 0 bridgehead atoms. The minimum Gasteiger partial charge on any atom is -0.386 e. The Hall–Kier alpha value is -2.60. The highest BCUT2D eigenvalue weighted by molar-refractivity contribution is 5.52. The van der Waals surface area contributed by atoms with Crippen LogP contribution in [0.1, 0.15) is 11.7 Å². The SMILES string of the molecule is O[C@H](Cn1nnc(-c2ccccc2)n1)c1cccc(F)c1. The number of aliphatic hydroxyl groups excluding tert-OH is 1. The molecule has 0 amide bonds. The zero-order chi connectivity index (χ0) is 14.7. The van der Waals surface area contributed by atoms with E-state index in [0.29, 0.717) is 11.4 Å². The first-order chi connectivity index (χ1) is 10.2. The first kappa shape index (κ1) is 13.4. The number of aliphatic hydroxyl groups is 1. The molecule has 1 N–H and O–H groups in total. The van der Waals surface area contributed by atoms with E-state index >= 15 is 0 Å². The number of benzene rings is 2. The van der Waals surface area contributed by atoms with Crippen molar-refractivity contribution in [1.82, 2.24) is 20.2 Å². The topological polar surface area (TPSA) is 63.8 Å². The predicted molar refractivity (Wildman–Crippen MR) is 74.6 cm³/mol. The molecule has 3 aromatic rings. The number of tetrazole rings is 1. The molecule has 0 aliphatic carbocycles. The van der Waals surface area contributed by atoms with E-state index in [1.54, 1.807) is 12.1 Å². The molecule has 3 rings (SSSR count). The van der Waals surface area contributed by atoms with Gasteiger partial charge in [-0.1, -0.05) is 42.5 Å². The Morgan fingerprint density at radius 3 is 2.67 bits per heavy atom. The van der Waals surface area contributed by atoms with E-state index < -0.39 is 6.10 Å². The van der Waals surface area contributed by atoms with Crippen LogP contribution in [0, 0.1) is 5.82 Å². The maximum atomic E-state index is 13.1. The summed E-state index contributed by atoms with van der Waals surface area (Å²) in [5, 5.41) is 22.1. The predicted octanol–water partition coefficient (Wildman–Crippen LogP) is 2.21. The Morgan fingerprint density at radius 1 is 1.10 bits per heavy atom. The molecule has 1 heterocycles. The van der Waals surface area contributed by atoms with Gasteiger partial charge in [-0.05, 0) is 22.9 Å². The van der Waals surface area contributed by atoms with Gasteiger partial charge in [-0.15, -0.1) is 10.2 Å². The van der Waals surface area contributed by atoms with Crippen LogP contribution in [-0.4, -0.2) is 25.3 Å². The molecule has 0 unspecified atom stereocenters. The second kappa shape index (κ2) is 5.80. The maximum Gasteiger partial charge on any atom is 0.204 e. The van der Waals surface area contributed by atoms with E-state index in [1.807, 2.05) is 30.3 Å². The Bertz CT molecular complexity index is 729. The third-order valence-corrected chi connectivity index (χ3v) is 3.05. The summed E-state index contributed by atoms with van der Waals surface area (Å²) < 4.78 is 13.1. The van der Waals surface area contributed by atoms with Gasteiger partial charge in [0, 0.05) is 5.56 Å². The molecule has 0 saturated carbocycles. The van der Waals surface area contributed by atoms with Crippen LogP contribution in [0.2, 0.25) is 0 Å². The Morgan fingerprint density at radius 2 is 1.90 bits per heavy atom.